The van der Waals surface area contributed by atoms with Crippen molar-refractivity contribution in [1.82, 2.24) is 60.0 Å². The number of hydrogen-bond acceptors (Lipinski definition) is 13. The van der Waals surface area contributed by atoms with E-state index in [2.05, 4.69) is 16.0 Å². The standard InChI is InChI=1S/C79H109F5N12O13/c1-11-48(5)67-75(106)95(53-32-33-53)47-65(99)90(8)59-26-19-16-20-39-94(74(59)105)62-42-50-29-27-49(28-30-50)24-17-15-18-25-58(69(100)86-67)89(7)64(98)44-61(73(104)93-37-21-22-38-93)91(9)76(107)68(52(12-2)13-3)92(10)77(108)78(35-23-36-78)87-70(101)60-43-54(109-14-4)45-96(60)71(102)57(85-63(97)46-88(6)72(62)103)34-31-51-40-55(80)66(56(81)41-51)79(82,83)84/h16-17,19,24,27-30,40-41,48,52-54,57-62,67-68H,11-15,18,20-23,25-26,31-39,42-47H2,1-10H3,(H,85,97)(H,86,100)(H,87,101)/b19-16-,24-17?/t48-,54+,57-,58-,59-,60-,61-,62-,67-,68-/m0/s1. The molecule has 9 aliphatic rings. The second-order valence-corrected chi connectivity index (χ2v) is 30.6. The van der Waals surface area contributed by atoms with Gasteiger partial charge in [0, 0.05) is 86.9 Å². The van der Waals surface area contributed by atoms with E-state index >= 15 is 61.5 Å². The van der Waals surface area contributed by atoms with Crippen molar-refractivity contribution < 1.29 is 84.2 Å². The van der Waals surface area contributed by atoms with Crippen LogP contribution in [0.2, 0.25) is 0 Å². The van der Waals surface area contributed by atoms with Gasteiger partial charge in [0.1, 0.15) is 77.6 Å². The number of likely N-dealkylation sites (N-methyl/N-ethyl adjacent to an activating group) is 5. The zero-order valence-electron chi connectivity index (χ0n) is 64.5. The molecular weight excluding hydrogens is 1420 g/mol. The van der Waals surface area contributed by atoms with Crippen LogP contribution in [0.15, 0.2) is 54.6 Å². The molecule has 7 aliphatic heterocycles. The topological polar surface area (TPSA) is 279 Å². The third-order valence-corrected chi connectivity index (χ3v) is 23.3. The van der Waals surface area contributed by atoms with Crippen molar-refractivity contribution in [1.29, 1.82) is 0 Å². The molecule has 2 aliphatic carbocycles. The summed E-state index contributed by atoms with van der Waals surface area (Å²) in [5, 5.41) is 8.62. The number of nitrogens with zero attached hydrogens (tertiary/aromatic N) is 9. The summed E-state index contributed by atoms with van der Waals surface area (Å²) in [5.74, 6) is -13.6. The Kier molecular flexibility index (Phi) is 28.4. The van der Waals surface area contributed by atoms with Crippen LogP contribution in [0.25, 0.3) is 6.08 Å². The van der Waals surface area contributed by atoms with Crippen molar-refractivity contribution in [3.63, 3.8) is 0 Å². The van der Waals surface area contributed by atoms with Gasteiger partial charge in [-0.15, -0.1) is 0 Å². The smallest absolute Gasteiger partial charge is 0.377 e. The number of hydrogen-bond donors (Lipinski definition) is 3. The molecule has 6 bridgehead atoms. The number of nitrogens with one attached hydrogen (secondary N) is 3. The lowest BCUT2D eigenvalue weighted by Gasteiger charge is -2.47. The number of halogens is 5. The van der Waals surface area contributed by atoms with Crippen LogP contribution in [0.5, 0.6) is 0 Å². The molecular formula is C79H109F5N12O13. The highest BCUT2D eigenvalue weighted by Gasteiger charge is 2.54. The summed E-state index contributed by atoms with van der Waals surface area (Å²) in [6.07, 6.45) is 4.06. The van der Waals surface area contributed by atoms with E-state index in [1.165, 1.54) is 64.6 Å². The first kappa shape index (κ1) is 84.2. The van der Waals surface area contributed by atoms with Crippen LogP contribution in [-0.2, 0) is 81.3 Å². The van der Waals surface area contributed by atoms with Gasteiger partial charge in [0.25, 0.3) is 0 Å². The molecule has 12 amide bonds. The van der Waals surface area contributed by atoms with Crippen LogP contribution in [0, 0.1) is 23.5 Å². The summed E-state index contributed by atoms with van der Waals surface area (Å²) in [5.41, 5.74) is -2.88. The maximum absolute atomic E-state index is 15.8. The lowest BCUT2D eigenvalue weighted by atomic mass is 9.74. The van der Waals surface area contributed by atoms with Gasteiger partial charge in [-0.2, -0.15) is 13.2 Å². The van der Waals surface area contributed by atoms with Crippen molar-refractivity contribution >= 4 is 77.0 Å². The van der Waals surface area contributed by atoms with Crippen LogP contribution in [0.4, 0.5) is 22.0 Å². The highest BCUT2D eigenvalue weighted by atomic mass is 19.4. The SMILES string of the molecule is CCO[C@@H]1C[C@H]2C(=O)NC3(CCC3)C(=O)N(C)[C@@H](C(CC)CC)C(=O)N(C)[C@H](C(=O)N3CCCC3)CC(=O)N(C)[C@H]3CCCC=Cc4ccc(cc4)C[C@@H](C(=O)N(C)CC(=O)N[C@@H](CCc4cc(F)c(C(F)(F)F)c(F)c4)C(=O)N2C1)N1CC/C=C\C[C@@H](C1=O)N(C)C(=O)CN(C1CC1)C(=O)[C@H]([C@@H](C)CC)NC3=O. The molecule has 0 radical (unpaired) electrons. The molecule has 25 nitrogen and oxygen atoms in total. The van der Waals surface area contributed by atoms with E-state index in [1.54, 1.807) is 49.1 Å². The van der Waals surface area contributed by atoms with Crippen molar-refractivity contribution in [2.45, 2.75) is 235 Å². The molecule has 109 heavy (non-hydrogen) atoms. The van der Waals surface area contributed by atoms with Gasteiger partial charge in [-0.3, -0.25) is 57.5 Å². The second-order valence-electron chi connectivity index (χ2n) is 30.6. The number of carbonyl (C=O) groups excluding carboxylic acids is 12. The molecule has 598 valence electrons. The fourth-order valence-corrected chi connectivity index (χ4v) is 16.1. The van der Waals surface area contributed by atoms with Gasteiger partial charge in [0.2, 0.25) is 70.9 Å². The van der Waals surface area contributed by atoms with E-state index in [9.17, 15) is 18.0 Å². The van der Waals surface area contributed by atoms with E-state index in [-0.39, 0.29) is 70.2 Å². The Labute approximate surface area is 635 Å². The monoisotopic (exact) mass is 1530 g/mol. The quantitative estimate of drug-likeness (QED) is 0.122. The Morgan fingerprint density at radius 3 is 1.90 bits per heavy atom. The zero-order chi connectivity index (χ0) is 79.5. The lowest BCUT2D eigenvalue weighted by Crippen LogP contribution is -2.68. The van der Waals surface area contributed by atoms with E-state index in [0.29, 0.717) is 101 Å². The molecule has 30 heteroatoms. The zero-order valence-corrected chi connectivity index (χ0v) is 64.5. The van der Waals surface area contributed by atoms with Crippen LogP contribution >= 0.6 is 0 Å². The number of aryl methyl sites for hydroxylation is 1. The molecule has 11 rings (SSSR count). The Balaban J connectivity index is 1.18. The average molecular weight is 1530 g/mol. The Hall–Kier alpha value is -8.83. The minimum atomic E-state index is -5.42. The minimum Gasteiger partial charge on any atom is -0.377 e. The van der Waals surface area contributed by atoms with Crippen LogP contribution < -0.4 is 16.0 Å². The second kappa shape index (κ2) is 36.8. The number of amides is 12. The van der Waals surface area contributed by atoms with Crippen molar-refractivity contribution in [3.05, 3.63) is 88.5 Å². The van der Waals surface area contributed by atoms with E-state index in [0.717, 1.165) is 9.80 Å². The first-order chi connectivity index (χ1) is 51.8. The van der Waals surface area contributed by atoms with Gasteiger partial charge < -0.3 is 64.8 Å². The molecule has 0 unspecified atom stereocenters. The van der Waals surface area contributed by atoms with Gasteiger partial charge in [0.15, 0.2) is 0 Å². The van der Waals surface area contributed by atoms with Gasteiger partial charge in [-0.25, -0.2) is 8.78 Å². The molecule has 2 saturated heterocycles. The fraction of sp³-hybridized carbons (Fsp3) is 0.646. The summed E-state index contributed by atoms with van der Waals surface area (Å²) >= 11 is 0. The predicted octanol–water partition coefficient (Wildman–Crippen LogP) is 6.18. The van der Waals surface area contributed by atoms with Gasteiger partial charge in [-0.1, -0.05) is 95.5 Å². The van der Waals surface area contributed by atoms with Gasteiger partial charge in [-0.05, 0) is 137 Å². The van der Waals surface area contributed by atoms with Crippen molar-refractivity contribution in [2.24, 2.45) is 11.8 Å². The third kappa shape index (κ3) is 19.7. The van der Waals surface area contributed by atoms with Gasteiger partial charge >= 0.3 is 6.18 Å². The number of ether oxygens (including phenoxy) is 1. The van der Waals surface area contributed by atoms with E-state index in [1.807, 2.05) is 39.0 Å². The minimum absolute atomic E-state index is 0.0187. The first-order valence-corrected chi connectivity index (χ1v) is 38.8. The molecule has 4 fully saturated rings. The molecule has 2 aromatic rings. The number of allylic oxidation sites excluding steroid dienone is 1. The molecule has 0 aromatic heterocycles. The highest BCUT2D eigenvalue weighted by molar-refractivity contribution is 6.01. The van der Waals surface area contributed by atoms with E-state index < -0.39 is 204 Å². The largest absolute Gasteiger partial charge is 0.422 e. The Bertz CT molecular complexity index is 3720. The summed E-state index contributed by atoms with van der Waals surface area (Å²) in [6, 6.07) is -3.45. The fourth-order valence-electron chi connectivity index (χ4n) is 16.1. The maximum Gasteiger partial charge on any atom is 0.422 e. The number of carbonyl (C=O) groups is 12. The Morgan fingerprint density at radius 1 is 0.633 bits per heavy atom. The maximum atomic E-state index is 15.8. The normalized spacial score (nSPS) is 27.0. The summed E-state index contributed by atoms with van der Waals surface area (Å²) in [4.78, 5) is 196. The van der Waals surface area contributed by atoms with Gasteiger partial charge in [0.05, 0.1) is 19.1 Å². The molecule has 2 aromatic carbocycles. The third-order valence-electron chi connectivity index (χ3n) is 23.3. The summed E-state index contributed by atoms with van der Waals surface area (Å²) in [7, 11) is 7.00. The molecule has 3 N–H and O–H groups in total. The number of fused-ring (bicyclic) bond motifs is 22. The number of rotatable bonds is 12. The molecule has 2 saturated carbocycles. The van der Waals surface area contributed by atoms with Crippen LogP contribution in [0.1, 0.15) is 172 Å². The number of benzene rings is 2. The molecule has 7 heterocycles. The summed E-state index contributed by atoms with van der Waals surface area (Å²) < 4.78 is 78.3. The average Bonchev–Trinajstić information content (AvgIpc) is 1.44. The van der Waals surface area contributed by atoms with E-state index in [4.69, 9.17) is 4.74 Å². The van der Waals surface area contributed by atoms with Crippen LogP contribution in [-0.4, -0.2) is 262 Å². The number of alkyl halides is 3. The van der Waals surface area contributed by atoms with Crippen LogP contribution in [0.3, 0.4) is 0 Å². The van der Waals surface area contributed by atoms with Crippen molar-refractivity contribution in [3.8, 4) is 0 Å². The predicted molar refractivity (Wildman–Crippen MR) is 393 cm³/mol. The highest BCUT2D eigenvalue weighted by Crippen LogP contribution is 2.39. The van der Waals surface area contributed by atoms with Crippen molar-refractivity contribution in [2.75, 3.05) is 81.1 Å². The summed E-state index contributed by atoms with van der Waals surface area (Å²) in [6.45, 7) is 8.10. The molecule has 1 spiro atoms. The lowest BCUT2D eigenvalue weighted by molar-refractivity contribution is -0.158. The first-order valence-electron chi connectivity index (χ1n) is 38.8. The number of likely N-dealkylation sites (tertiary alicyclic amines) is 1. The Morgan fingerprint density at radius 2 is 1.29 bits per heavy atom. The molecule has 10 atom stereocenters.